The maximum atomic E-state index is 13.2. The molecule has 0 spiro atoms. The van der Waals surface area contributed by atoms with E-state index in [1.54, 1.807) is 46.1 Å². The molecule has 0 saturated heterocycles. The van der Waals surface area contributed by atoms with E-state index in [1.807, 2.05) is 13.8 Å². The average Bonchev–Trinajstić information content (AvgIpc) is 2.92. The summed E-state index contributed by atoms with van der Waals surface area (Å²) < 4.78 is 30.7. The highest BCUT2D eigenvalue weighted by Crippen LogP contribution is 2.37. The topological polar surface area (TPSA) is 97.0 Å². The van der Waals surface area contributed by atoms with Gasteiger partial charge in [-0.05, 0) is 46.8 Å². The summed E-state index contributed by atoms with van der Waals surface area (Å²) in [7, 11) is -2.06. The predicted molar refractivity (Wildman–Crippen MR) is 107 cm³/mol. The standard InChI is InChI=1S/C19H24N4O3S/c1-11-12(2)22-23-18(11)21-17-14-8-7-13(26-6)9-15(14)20-10-16(17)27(24,25)19(3,4)5/h7-10H,1-6H3,(H2,20,21,22,23). The summed E-state index contributed by atoms with van der Waals surface area (Å²) in [5.74, 6) is 1.24. The molecule has 0 amide bonds. The van der Waals surface area contributed by atoms with Gasteiger partial charge in [0, 0.05) is 28.9 Å². The van der Waals surface area contributed by atoms with Gasteiger partial charge in [-0.3, -0.25) is 10.1 Å². The number of methoxy groups -OCH3 is 1. The summed E-state index contributed by atoms with van der Waals surface area (Å²) in [6, 6.07) is 5.36. The van der Waals surface area contributed by atoms with Gasteiger partial charge in [0.25, 0.3) is 0 Å². The van der Waals surface area contributed by atoms with Crippen LogP contribution < -0.4 is 10.1 Å². The Labute approximate surface area is 159 Å². The Kier molecular flexibility index (Phi) is 4.63. The number of fused-ring (bicyclic) bond motifs is 1. The minimum Gasteiger partial charge on any atom is -0.497 e. The normalized spacial score (nSPS) is 12.4. The Bertz CT molecular complexity index is 1110. The fraction of sp³-hybridized carbons (Fsp3) is 0.368. The summed E-state index contributed by atoms with van der Waals surface area (Å²) in [6.45, 7) is 8.86. The zero-order valence-corrected chi connectivity index (χ0v) is 17.2. The molecule has 0 unspecified atom stereocenters. The Morgan fingerprint density at radius 2 is 1.89 bits per heavy atom. The second-order valence-corrected chi connectivity index (χ2v) is 10.1. The van der Waals surface area contributed by atoms with Crippen LogP contribution in [-0.2, 0) is 9.84 Å². The molecule has 0 aliphatic rings. The van der Waals surface area contributed by atoms with Crippen LogP contribution in [0, 0.1) is 13.8 Å². The van der Waals surface area contributed by atoms with Gasteiger partial charge in [-0.1, -0.05) is 0 Å². The zero-order valence-electron chi connectivity index (χ0n) is 16.3. The fourth-order valence-electron chi connectivity index (χ4n) is 2.67. The van der Waals surface area contributed by atoms with Crippen molar-refractivity contribution in [1.29, 1.82) is 0 Å². The molecule has 7 nitrogen and oxygen atoms in total. The fourth-order valence-corrected chi connectivity index (χ4v) is 3.95. The number of nitrogens with one attached hydrogen (secondary N) is 2. The first kappa shape index (κ1) is 19.2. The van der Waals surface area contributed by atoms with Crippen molar-refractivity contribution in [3.05, 3.63) is 35.7 Å². The van der Waals surface area contributed by atoms with E-state index in [-0.39, 0.29) is 4.90 Å². The van der Waals surface area contributed by atoms with E-state index in [9.17, 15) is 8.42 Å². The highest BCUT2D eigenvalue weighted by molar-refractivity contribution is 7.93. The van der Waals surface area contributed by atoms with Crippen LogP contribution in [0.1, 0.15) is 32.0 Å². The summed E-state index contributed by atoms with van der Waals surface area (Å²) in [4.78, 5) is 4.52. The molecule has 144 valence electrons. The van der Waals surface area contributed by atoms with E-state index in [4.69, 9.17) is 4.74 Å². The van der Waals surface area contributed by atoms with Crippen LogP contribution in [0.2, 0.25) is 0 Å². The Morgan fingerprint density at radius 3 is 2.44 bits per heavy atom. The Morgan fingerprint density at radius 1 is 1.19 bits per heavy atom. The first-order valence-corrected chi connectivity index (χ1v) is 10.0. The molecule has 3 rings (SSSR count). The van der Waals surface area contributed by atoms with Gasteiger partial charge < -0.3 is 10.1 Å². The van der Waals surface area contributed by atoms with Crippen molar-refractivity contribution < 1.29 is 13.2 Å². The maximum Gasteiger partial charge on any atom is 0.186 e. The minimum atomic E-state index is -3.63. The monoisotopic (exact) mass is 388 g/mol. The van der Waals surface area contributed by atoms with Gasteiger partial charge in [0.05, 0.1) is 23.1 Å². The molecule has 0 atom stereocenters. The average molecular weight is 388 g/mol. The lowest BCUT2D eigenvalue weighted by Gasteiger charge is -2.22. The van der Waals surface area contributed by atoms with Gasteiger partial charge in [-0.25, -0.2) is 8.42 Å². The molecule has 3 aromatic rings. The van der Waals surface area contributed by atoms with E-state index in [0.717, 1.165) is 11.3 Å². The van der Waals surface area contributed by atoms with Crippen molar-refractivity contribution in [3.8, 4) is 5.75 Å². The first-order valence-electron chi connectivity index (χ1n) is 8.56. The summed E-state index contributed by atoms with van der Waals surface area (Å²) in [5.41, 5.74) is 2.94. The van der Waals surface area contributed by atoms with Crippen molar-refractivity contribution in [2.75, 3.05) is 12.4 Å². The molecule has 2 aromatic heterocycles. The highest BCUT2D eigenvalue weighted by Gasteiger charge is 2.34. The van der Waals surface area contributed by atoms with Gasteiger partial charge >= 0.3 is 0 Å². The molecule has 0 aliphatic carbocycles. The summed E-state index contributed by atoms with van der Waals surface area (Å²) >= 11 is 0. The van der Waals surface area contributed by atoms with E-state index in [1.165, 1.54) is 6.20 Å². The van der Waals surface area contributed by atoms with Gasteiger partial charge in [0.2, 0.25) is 0 Å². The number of pyridine rings is 1. The van der Waals surface area contributed by atoms with E-state index in [0.29, 0.717) is 28.2 Å². The molecule has 0 fully saturated rings. The van der Waals surface area contributed by atoms with Crippen molar-refractivity contribution in [2.24, 2.45) is 0 Å². The number of nitrogens with zero attached hydrogens (tertiary/aromatic N) is 2. The minimum absolute atomic E-state index is 0.146. The number of H-pyrrole nitrogens is 1. The number of aromatic nitrogens is 3. The van der Waals surface area contributed by atoms with Crippen molar-refractivity contribution >= 4 is 32.2 Å². The van der Waals surface area contributed by atoms with Crippen molar-refractivity contribution in [2.45, 2.75) is 44.3 Å². The number of aromatic amines is 1. The van der Waals surface area contributed by atoms with E-state index in [2.05, 4.69) is 20.5 Å². The molecule has 0 saturated carbocycles. The molecular weight excluding hydrogens is 364 g/mol. The third-order valence-corrected chi connectivity index (χ3v) is 7.13. The lowest BCUT2D eigenvalue weighted by Crippen LogP contribution is -2.28. The van der Waals surface area contributed by atoms with Crippen LogP contribution in [0.25, 0.3) is 10.9 Å². The molecule has 0 aliphatic heterocycles. The van der Waals surface area contributed by atoms with Crippen LogP contribution in [0.5, 0.6) is 5.75 Å². The number of hydrogen-bond acceptors (Lipinski definition) is 6. The van der Waals surface area contributed by atoms with Gasteiger partial charge in [-0.15, -0.1) is 0 Å². The van der Waals surface area contributed by atoms with Gasteiger partial charge in [-0.2, -0.15) is 5.10 Å². The van der Waals surface area contributed by atoms with E-state index >= 15 is 0 Å². The lowest BCUT2D eigenvalue weighted by atomic mass is 10.1. The number of rotatable bonds is 4. The SMILES string of the molecule is COc1ccc2c(Nc3n[nH]c(C)c3C)c(S(=O)(=O)C(C)(C)C)cnc2c1. The van der Waals surface area contributed by atoms with Crippen LogP contribution >= 0.6 is 0 Å². The lowest BCUT2D eigenvalue weighted by molar-refractivity contribution is 0.415. The molecule has 0 radical (unpaired) electrons. The molecule has 2 heterocycles. The largest absolute Gasteiger partial charge is 0.497 e. The molecular formula is C19H24N4O3S. The zero-order chi connectivity index (χ0) is 20.0. The number of hydrogen-bond donors (Lipinski definition) is 2. The molecule has 0 bridgehead atoms. The maximum absolute atomic E-state index is 13.2. The van der Waals surface area contributed by atoms with Crippen molar-refractivity contribution in [3.63, 3.8) is 0 Å². The van der Waals surface area contributed by atoms with Crippen LogP contribution in [0.4, 0.5) is 11.5 Å². The molecule has 2 N–H and O–H groups in total. The number of ether oxygens (including phenoxy) is 1. The third-order valence-electron chi connectivity index (χ3n) is 4.63. The van der Waals surface area contributed by atoms with Gasteiger partial charge in [0.1, 0.15) is 10.6 Å². The Balaban J connectivity index is 2.31. The van der Waals surface area contributed by atoms with Crippen LogP contribution in [0.3, 0.4) is 0 Å². The smallest absolute Gasteiger partial charge is 0.186 e. The third kappa shape index (κ3) is 3.25. The molecule has 27 heavy (non-hydrogen) atoms. The summed E-state index contributed by atoms with van der Waals surface area (Å²) in [6.07, 6.45) is 1.40. The second kappa shape index (κ2) is 6.53. The molecule has 8 heteroatoms. The van der Waals surface area contributed by atoms with Crippen LogP contribution in [-0.4, -0.2) is 35.5 Å². The van der Waals surface area contributed by atoms with Gasteiger partial charge in [0.15, 0.2) is 15.7 Å². The highest BCUT2D eigenvalue weighted by atomic mass is 32.2. The first-order chi connectivity index (χ1) is 12.6. The number of benzene rings is 1. The predicted octanol–water partition coefficient (Wildman–Crippen LogP) is 3.90. The number of aryl methyl sites for hydroxylation is 1. The quantitative estimate of drug-likeness (QED) is 0.703. The van der Waals surface area contributed by atoms with Crippen LogP contribution in [0.15, 0.2) is 29.3 Å². The molecule has 1 aromatic carbocycles. The van der Waals surface area contributed by atoms with E-state index < -0.39 is 14.6 Å². The van der Waals surface area contributed by atoms with Crippen molar-refractivity contribution in [1.82, 2.24) is 15.2 Å². The summed E-state index contributed by atoms with van der Waals surface area (Å²) in [5, 5.41) is 11.1. The Hall–Kier alpha value is -2.61. The second-order valence-electron chi connectivity index (χ2n) is 7.44. The number of anilines is 2. The number of sulfone groups is 1.